The number of hydrogen-bond acceptors (Lipinski definition) is 3. The van der Waals surface area contributed by atoms with Gasteiger partial charge in [-0.1, -0.05) is 18.2 Å². The summed E-state index contributed by atoms with van der Waals surface area (Å²) >= 11 is 0. The Morgan fingerprint density at radius 1 is 1.43 bits per heavy atom. The predicted octanol–water partition coefficient (Wildman–Crippen LogP) is 0.186. The number of nitrogens with two attached hydrogens (primary N) is 2. The van der Waals surface area contributed by atoms with Crippen molar-refractivity contribution in [3.05, 3.63) is 29.8 Å². The van der Waals surface area contributed by atoms with Crippen LogP contribution in [0.15, 0.2) is 24.3 Å². The van der Waals surface area contributed by atoms with Crippen LogP contribution in [0.2, 0.25) is 0 Å². The van der Waals surface area contributed by atoms with E-state index in [2.05, 4.69) is 0 Å². The van der Waals surface area contributed by atoms with E-state index in [1.165, 1.54) is 0 Å². The Hall–Kier alpha value is -1.55. The number of para-hydroxylation sites is 1. The smallest absolute Gasteiger partial charge is 0.231 e. The molecule has 4 heteroatoms. The van der Waals surface area contributed by atoms with Gasteiger partial charge in [-0.25, -0.2) is 0 Å². The van der Waals surface area contributed by atoms with Crippen molar-refractivity contribution in [1.82, 2.24) is 4.90 Å². The van der Waals surface area contributed by atoms with E-state index in [0.717, 1.165) is 11.3 Å². The van der Waals surface area contributed by atoms with Gasteiger partial charge in [0.15, 0.2) is 0 Å². The van der Waals surface area contributed by atoms with E-state index < -0.39 is 0 Å². The van der Waals surface area contributed by atoms with E-state index in [4.69, 9.17) is 11.5 Å². The van der Waals surface area contributed by atoms with Gasteiger partial charge in [0, 0.05) is 12.2 Å². The Balaban J connectivity index is 2.60. The zero-order chi connectivity index (χ0) is 10.6. The number of amides is 1. The third kappa shape index (κ3) is 3.06. The quantitative estimate of drug-likeness (QED) is 0.670. The lowest BCUT2D eigenvalue weighted by atomic mass is 10.2. The number of anilines is 1. The van der Waals surface area contributed by atoms with E-state index in [0.29, 0.717) is 6.54 Å². The molecule has 0 saturated heterocycles. The molecule has 0 spiro atoms. The summed E-state index contributed by atoms with van der Waals surface area (Å²) in [6, 6.07) is 7.58. The minimum Gasteiger partial charge on any atom is -0.398 e. The molecule has 0 aliphatic rings. The molecule has 1 aromatic rings. The first kappa shape index (κ1) is 10.5. The van der Waals surface area contributed by atoms with E-state index in [-0.39, 0.29) is 12.5 Å². The molecule has 0 saturated carbocycles. The van der Waals surface area contributed by atoms with Gasteiger partial charge in [0.25, 0.3) is 0 Å². The second kappa shape index (κ2) is 4.62. The highest BCUT2D eigenvalue weighted by molar-refractivity contribution is 5.75. The maximum atomic E-state index is 10.6. The van der Waals surface area contributed by atoms with Crippen LogP contribution < -0.4 is 11.5 Å². The first-order chi connectivity index (χ1) is 6.59. The summed E-state index contributed by atoms with van der Waals surface area (Å²) in [5.74, 6) is -0.331. The maximum Gasteiger partial charge on any atom is 0.231 e. The highest BCUT2D eigenvalue weighted by Crippen LogP contribution is 2.11. The predicted molar refractivity (Wildman–Crippen MR) is 56.4 cm³/mol. The molecule has 0 radical (unpaired) electrons. The number of benzene rings is 1. The van der Waals surface area contributed by atoms with Crippen LogP contribution in [0, 0.1) is 0 Å². The van der Waals surface area contributed by atoms with Gasteiger partial charge in [-0.2, -0.15) is 0 Å². The van der Waals surface area contributed by atoms with Gasteiger partial charge in [0.1, 0.15) is 0 Å². The van der Waals surface area contributed by atoms with Crippen LogP contribution in [0.1, 0.15) is 5.56 Å². The molecule has 0 heterocycles. The minimum absolute atomic E-state index is 0.244. The molecule has 4 nitrogen and oxygen atoms in total. The summed E-state index contributed by atoms with van der Waals surface area (Å²) in [4.78, 5) is 12.5. The molecule has 0 aromatic heterocycles. The summed E-state index contributed by atoms with van der Waals surface area (Å²) in [7, 11) is 1.83. The number of nitrogen functional groups attached to an aromatic ring is 1. The van der Waals surface area contributed by atoms with E-state index in [1.807, 2.05) is 36.2 Å². The van der Waals surface area contributed by atoms with Crippen molar-refractivity contribution >= 4 is 11.6 Å². The second-order valence-corrected chi connectivity index (χ2v) is 3.34. The van der Waals surface area contributed by atoms with E-state index >= 15 is 0 Å². The topological polar surface area (TPSA) is 72.3 Å². The number of hydrogen-bond donors (Lipinski definition) is 2. The Kier molecular flexibility index (Phi) is 3.48. The van der Waals surface area contributed by atoms with E-state index in [9.17, 15) is 4.79 Å². The van der Waals surface area contributed by atoms with E-state index in [1.54, 1.807) is 0 Å². The number of rotatable bonds is 4. The third-order valence-electron chi connectivity index (χ3n) is 1.92. The van der Waals surface area contributed by atoms with Gasteiger partial charge in [0.05, 0.1) is 6.54 Å². The molecular weight excluding hydrogens is 178 g/mol. The van der Waals surface area contributed by atoms with Gasteiger partial charge < -0.3 is 11.5 Å². The maximum absolute atomic E-state index is 10.6. The normalized spacial score (nSPS) is 10.4. The number of carbonyl (C=O) groups excluding carboxylic acids is 1. The molecule has 1 rings (SSSR count). The average Bonchev–Trinajstić information content (AvgIpc) is 2.07. The third-order valence-corrected chi connectivity index (χ3v) is 1.92. The molecule has 1 aromatic carbocycles. The molecule has 0 aliphatic heterocycles. The fourth-order valence-corrected chi connectivity index (χ4v) is 1.29. The molecule has 0 unspecified atom stereocenters. The molecule has 0 fully saturated rings. The van der Waals surface area contributed by atoms with Gasteiger partial charge >= 0.3 is 0 Å². The van der Waals surface area contributed by atoms with Gasteiger partial charge in [-0.15, -0.1) is 0 Å². The van der Waals surface area contributed by atoms with Crippen LogP contribution in [0.3, 0.4) is 0 Å². The first-order valence-corrected chi connectivity index (χ1v) is 4.40. The number of carbonyl (C=O) groups is 1. The lowest BCUT2D eigenvalue weighted by molar-refractivity contribution is -0.118. The fraction of sp³-hybridized carbons (Fsp3) is 0.300. The van der Waals surface area contributed by atoms with Gasteiger partial charge in [-0.3, -0.25) is 9.69 Å². The number of likely N-dealkylation sites (N-methyl/N-ethyl adjacent to an activating group) is 1. The summed E-state index contributed by atoms with van der Waals surface area (Å²) < 4.78 is 0. The molecular formula is C10H15N3O. The van der Waals surface area contributed by atoms with Crippen LogP contribution in [-0.2, 0) is 11.3 Å². The van der Waals surface area contributed by atoms with Crippen molar-refractivity contribution < 1.29 is 4.79 Å². The Labute approximate surface area is 83.5 Å². The van der Waals surface area contributed by atoms with Crippen LogP contribution in [-0.4, -0.2) is 24.4 Å². The minimum atomic E-state index is -0.331. The summed E-state index contributed by atoms with van der Waals surface area (Å²) in [5, 5.41) is 0. The monoisotopic (exact) mass is 193 g/mol. The van der Waals surface area contributed by atoms with Crippen LogP contribution in [0.4, 0.5) is 5.69 Å². The zero-order valence-corrected chi connectivity index (χ0v) is 8.23. The number of primary amides is 1. The highest BCUT2D eigenvalue weighted by atomic mass is 16.1. The van der Waals surface area contributed by atoms with Gasteiger partial charge in [-0.05, 0) is 18.7 Å². The Morgan fingerprint density at radius 3 is 2.64 bits per heavy atom. The molecule has 1 amide bonds. The molecule has 76 valence electrons. The van der Waals surface area contributed by atoms with Crippen molar-refractivity contribution in [3.63, 3.8) is 0 Å². The van der Waals surface area contributed by atoms with Crippen LogP contribution in [0.5, 0.6) is 0 Å². The van der Waals surface area contributed by atoms with Crippen molar-refractivity contribution in [2.24, 2.45) is 5.73 Å². The molecule has 0 bridgehead atoms. The molecule has 0 atom stereocenters. The number of nitrogens with zero attached hydrogens (tertiary/aromatic N) is 1. The SMILES string of the molecule is CN(CC(N)=O)Cc1ccccc1N. The zero-order valence-electron chi connectivity index (χ0n) is 8.23. The van der Waals surface area contributed by atoms with Crippen LogP contribution >= 0.6 is 0 Å². The van der Waals surface area contributed by atoms with Crippen molar-refractivity contribution in [2.45, 2.75) is 6.54 Å². The largest absolute Gasteiger partial charge is 0.398 e. The van der Waals surface area contributed by atoms with Gasteiger partial charge in [0.2, 0.25) is 5.91 Å². The first-order valence-electron chi connectivity index (χ1n) is 4.40. The average molecular weight is 193 g/mol. The van der Waals surface area contributed by atoms with Crippen molar-refractivity contribution in [2.75, 3.05) is 19.3 Å². The molecule has 4 N–H and O–H groups in total. The summed E-state index contributed by atoms with van der Waals surface area (Å²) in [5.41, 5.74) is 12.6. The second-order valence-electron chi connectivity index (χ2n) is 3.34. The Morgan fingerprint density at radius 2 is 2.07 bits per heavy atom. The lowest BCUT2D eigenvalue weighted by Crippen LogP contribution is -2.30. The summed E-state index contributed by atoms with van der Waals surface area (Å²) in [6.45, 7) is 0.879. The van der Waals surface area contributed by atoms with Crippen LogP contribution in [0.25, 0.3) is 0 Å². The lowest BCUT2D eigenvalue weighted by Gasteiger charge is -2.15. The fourth-order valence-electron chi connectivity index (χ4n) is 1.29. The Bertz CT molecular complexity index is 325. The standard InChI is InChI=1S/C10H15N3O/c1-13(7-10(12)14)6-8-4-2-3-5-9(8)11/h2-5H,6-7,11H2,1H3,(H2,12,14). The molecule has 14 heavy (non-hydrogen) atoms. The highest BCUT2D eigenvalue weighted by Gasteiger charge is 2.05. The summed E-state index contributed by atoms with van der Waals surface area (Å²) in [6.07, 6.45) is 0. The van der Waals surface area contributed by atoms with Crippen molar-refractivity contribution in [3.8, 4) is 0 Å². The van der Waals surface area contributed by atoms with Crippen molar-refractivity contribution in [1.29, 1.82) is 0 Å². The molecule has 0 aliphatic carbocycles.